The highest BCUT2D eigenvalue weighted by molar-refractivity contribution is 5.95. The van der Waals surface area contributed by atoms with E-state index >= 15 is 0 Å². The lowest BCUT2D eigenvalue weighted by Crippen LogP contribution is -2.71. The van der Waals surface area contributed by atoms with Crippen molar-refractivity contribution in [1.29, 1.82) is 0 Å². The van der Waals surface area contributed by atoms with Crippen LogP contribution in [0.25, 0.3) is 0 Å². The van der Waals surface area contributed by atoms with Crippen molar-refractivity contribution < 1.29 is 29.3 Å². The highest BCUT2D eigenvalue weighted by atomic mass is 16.7. The minimum absolute atomic E-state index is 0.0461. The number of fused-ring (bicyclic) bond motifs is 7. The number of ketones is 1. The summed E-state index contributed by atoms with van der Waals surface area (Å²) in [7, 11) is 0. The van der Waals surface area contributed by atoms with Crippen LogP contribution in [0.2, 0.25) is 0 Å². The van der Waals surface area contributed by atoms with Gasteiger partial charge in [-0.1, -0.05) is 54.0 Å². The SMILES string of the molecule is CC(=O)O[C@@]1(O)C(CCO)C[C@@]2(C)C(CC[C@]3(C)[C@@H]2C(=O)C=C2[C@H]4C[C@@](C)(C(N)=O)CC[C@]4(C)CC[C@]23C)C1(C)C. The van der Waals surface area contributed by atoms with Gasteiger partial charge in [0.25, 0.3) is 0 Å². The summed E-state index contributed by atoms with van der Waals surface area (Å²) in [5, 5.41) is 22.1. The Bertz CT molecular complexity index is 1190. The summed E-state index contributed by atoms with van der Waals surface area (Å²) in [6, 6.07) is 0. The van der Waals surface area contributed by atoms with E-state index in [9.17, 15) is 24.6 Å². The molecule has 0 saturated heterocycles. The normalized spacial score (nSPS) is 50.4. The largest absolute Gasteiger partial charge is 0.433 e. The average Bonchev–Trinajstić information content (AvgIpc) is 2.84. The van der Waals surface area contributed by atoms with E-state index in [-0.39, 0.29) is 58.7 Å². The van der Waals surface area contributed by atoms with Crippen molar-refractivity contribution >= 4 is 17.7 Å². The van der Waals surface area contributed by atoms with Gasteiger partial charge in [0.15, 0.2) is 5.78 Å². The lowest BCUT2D eigenvalue weighted by Gasteiger charge is -2.72. The number of allylic oxidation sites excluding steroid dienone is 2. The smallest absolute Gasteiger partial charge is 0.305 e. The van der Waals surface area contributed by atoms with Crippen LogP contribution in [0.15, 0.2) is 11.6 Å². The monoisotopic (exact) mass is 571 g/mol. The van der Waals surface area contributed by atoms with Crippen LogP contribution in [0.1, 0.15) is 113 Å². The van der Waals surface area contributed by atoms with Crippen molar-refractivity contribution in [1.82, 2.24) is 0 Å². The minimum atomic E-state index is -1.73. The first-order valence-electron chi connectivity index (χ1n) is 15.8. The molecule has 5 rings (SSSR count). The number of amides is 1. The summed E-state index contributed by atoms with van der Waals surface area (Å²) in [4.78, 5) is 39.4. The first-order chi connectivity index (χ1) is 18.8. The third-order valence-corrected chi connectivity index (χ3v) is 14.2. The second-order valence-corrected chi connectivity index (χ2v) is 16.5. The van der Waals surface area contributed by atoms with E-state index in [0.717, 1.165) is 38.5 Å². The van der Waals surface area contributed by atoms with Crippen molar-refractivity contribution in [3.8, 4) is 0 Å². The zero-order valence-corrected chi connectivity index (χ0v) is 26.6. The number of hydrogen-bond donors (Lipinski definition) is 3. The predicted octanol–water partition coefficient (Wildman–Crippen LogP) is 5.31. The first kappa shape index (κ1) is 30.7. The molecule has 0 aromatic rings. The van der Waals surface area contributed by atoms with Crippen LogP contribution in [-0.4, -0.2) is 40.3 Å². The molecular weight excluding hydrogens is 518 g/mol. The second-order valence-electron chi connectivity index (χ2n) is 16.5. The number of rotatable bonds is 4. The third-order valence-electron chi connectivity index (χ3n) is 14.2. The fourth-order valence-corrected chi connectivity index (χ4v) is 11.6. The van der Waals surface area contributed by atoms with Crippen LogP contribution in [0.4, 0.5) is 0 Å². The standard InChI is InChI=1S/C34H53NO6/c1-20(37)41-34(40)21(10-16-36)18-31(6)25(28(34,2)3)9-11-33(8)26(31)24(38)17-22-23-19-30(5,27(35)39)13-12-29(23,4)14-15-32(22,33)7/h17,21,23,25-26,36,40H,9-16,18-19H2,1-8H3,(H2,35,39)/t21?,23-,25?,26-,29-,30+,31+,32-,33-,34+/m1/s1. The molecule has 0 aliphatic heterocycles. The first-order valence-corrected chi connectivity index (χ1v) is 15.8. The van der Waals surface area contributed by atoms with E-state index in [1.165, 1.54) is 12.5 Å². The average molecular weight is 572 g/mol. The quantitative estimate of drug-likeness (QED) is 0.310. The van der Waals surface area contributed by atoms with Crippen LogP contribution in [0, 0.1) is 56.2 Å². The molecule has 0 heterocycles. The van der Waals surface area contributed by atoms with Crippen molar-refractivity contribution in [2.75, 3.05) is 6.61 Å². The van der Waals surface area contributed by atoms with E-state index in [1.807, 2.05) is 26.8 Å². The molecule has 1 amide bonds. The predicted molar refractivity (Wildman–Crippen MR) is 156 cm³/mol. The van der Waals surface area contributed by atoms with Gasteiger partial charge < -0.3 is 20.7 Å². The highest BCUT2D eigenvalue weighted by Gasteiger charge is 2.74. The van der Waals surface area contributed by atoms with Gasteiger partial charge in [-0.2, -0.15) is 0 Å². The topological polar surface area (TPSA) is 127 Å². The summed E-state index contributed by atoms with van der Waals surface area (Å²) in [6.07, 6.45) is 8.87. The van der Waals surface area contributed by atoms with Gasteiger partial charge >= 0.3 is 5.97 Å². The summed E-state index contributed by atoms with van der Waals surface area (Å²) in [5.74, 6) is -3.04. The molecule has 0 spiro atoms. The van der Waals surface area contributed by atoms with Crippen molar-refractivity contribution in [3.63, 3.8) is 0 Å². The fourth-order valence-electron chi connectivity index (χ4n) is 11.6. The Morgan fingerprint density at radius 2 is 1.63 bits per heavy atom. The van der Waals surface area contributed by atoms with Gasteiger partial charge in [-0.3, -0.25) is 14.4 Å². The van der Waals surface area contributed by atoms with E-state index < -0.39 is 33.9 Å². The lowest BCUT2D eigenvalue weighted by atomic mass is 9.32. The molecule has 0 aromatic heterocycles. The molecule has 4 fully saturated rings. The molecule has 0 radical (unpaired) electrons. The van der Waals surface area contributed by atoms with Gasteiger partial charge in [0.2, 0.25) is 11.7 Å². The van der Waals surface area contributed by atoms with Crippen LogP contribution >= 0.6 is 0 Å². The highest BCUT2D eigenvalue weighted by Crippen LogP contribution is 2.76. The molecule has 4 saturated carbocycles. The summed E-state index contributed by atoms with van der Waals surface area (Å²) >= 11 is 0. The molecule has 10 atom stereocenters. The second kappa shape index (κ2) is 9.14. The number of nitrogens with two attached hydrogens (primary N) is 1. The lowest BCUT2D eigenvalue weighted by molar-refractivity contribution is -0.340. The van der Waals surface area contributed by atoms with Crippen molar-refractivity contribution in [2.45, 2.75) is 119 Å². The maximum atomic E-state index is 14.6. The molecular formula is C34H53NO6. The Morgan fingerprint density at radius 1 is 1.00 bits per heavy atom. The summed E-state index contributed by atoms with van der Waals surface area (Å²) in [5.41, 5.74) is 4.84. The molecule has 7 nitrogen and oxygen atoms in total. The van der Waals surface area contributed by atoms with Crippen molar-refractivity contribution in [2.24, 2.45) is 61.9 Å². The zero-order chi connectivity index (χ0) is 30.6. The Morgan fingerprint density at radius 3 is 2.22 bits per heavy atom. The Hall–Kier alpha value is -1.73. The molecule has 0 aromatic carbocycles. The number of aliphatic hydroxyl groups is 2. The molecule has 5 aliphatic carbocycles. The Labute approximate surface area is 246 Å². The number of carbonyl (C=O) groups is 3. The number of esters is 1. The molecule has 4 N–H and O–H groups in total. The maximum Gasteiger partial charge on any atom is 0.305 e. The van der Waals surface area contributed by atoms with Gasteiger partial charge in [-0.25, -0.2) is 0 Å². The van der Waals surface area contributed by atoms with E-state index in [2.05, 4.69) is 27.7 Å². The van der Waals surface area contributed by atoms with E-state index in [0.29, 0.717) is 12.8 Å². The van der Waals surface area contributed by atoms with Crippen LogP contribution in [-0.2, 0) is 19.1 Å². The molecule has 2 unspecified atom stereocenters. The number of hydrogen-bond acceptors (Lipinski definition) is 6. The number of carbonyl (C=O) groups excluding carboxylic acids is 3. The molecule has 7 heteroatoms. The van der Waals surface area contributed by atoms with E-state index in [4.69, 9.17) is 10.5 Å². The van der Waals surface area contributed by atoms with Gasteiger partial charge in [0.05, 0.1) is 0 Å². The molecule has 5 aliphatic rings. The molecule has 41 heavy (non-hydrogen) atoms. The van der Waals surface area contributed by atoms with Gasteiger partial charge in [-0.05, 0) is 97.4 Å². The van der Waals surface area contributed by atoms with Crippen LogP contribution in [0.5, 0.6) is 0 Å². The Balaban J connectivity index is 1.63. The Kier molecular flexibility index (Phi) is 6.85. The summed E-state index contributed by atoms with van der Waals surface area (Å²) in [6.45, 7) is 16.4. The van der Waals surface area contributed by atoms with Crippen LogP contribution in [0.3, 0.4) is 0 Å². The molecule has 0 bridgehead atoms. The van der Waals surface area contributed by atoms with Gasteiger partial charge in [0.1, 0.15) is 0 Å². The zero-order valence-electron chi connectivity index (χ0n) is 26.6. The van der Waals surface area contributed by atoms with E-state index in [1.54, 1.807) is 0 Å². The molecule has 230 valence electrons. The fraction of sp³-hybridized carbons (Fsp3) is 0.853. The minimum Gasteiger partial charge on any atom is -0.433 e. The number of ether oxygens (including phenoxy) is 1. The van der Waals surface area contributed by atoms with Gasteiger partial charge in [0, 0.05) is 36.2 Å². The third kappa shape index (κ3) is 3.86. The number of primary amides is 1. The maximum absolute atomic E-state index is 14.6. The van der Waals surface area contributed by atoms with Crippen molar-refractivity contribution in [3.05, 3.63) is 11.6 Å². The number of aliphatic hydroxyl groups excluding tert-OH is 1. The van der Waals surface area contributed by atoms with Gasteiger partial charge in [-0.15, -0.1) is 0 Å². The van der Waals surface area contributed by atoms with Crippen LogP contribution < -0.4 is 5.73 Å². The summed E-state index contributed by atoms with van der Waals surface area (Å²) < 4.78 is 5.73.